The standard InChI is InChI=1S/C18H19N3O3/c1-24-17(22)14-4-2-3-13(11-14)12-20-9-10-21(18(20)23)16-7-5-15(19)6-8-16/h2-8,11H,9-10,12,19H2,1H3. The molecular formula is C18H19N3O3. The number of urea groups is 1. The molecule has 1 fully saturated rings. The number of hydrogen-bond acceptors (Lipinski definition) is 4. The van der Waals surface area contributed by atoms with Gasteiger partial charge in [0.05, 0.1) is 12.7 Å². The maximum absolute atomic E-state index is 12.6. The van der Waals surface area contributed by atoms with Crippen LogP contribution >= 0.6 is 0 Å². The molecule has 0 aromatic heterocycles. The topological polar surface area (TPSA) is 75.9 Å². The monoisotopic (exact) mass is 325 g/mol. The minimum absolute atomic E-state index is 0.0526. The van der Waals surface area contributed by atoms with Crippen LogP contribution in [0, 0.1) is 0 Å². The van der Waals surface area contributed by atoms with E-state index < -0.39 is 0 Å². The van der Waals surface area contributed by atoms with E-state index in [-0.39, 0.29) is 12.0 Å². The Hall–Kier alpha value is -3.02. The van der Waals surface area contributed by atoms with Crippen molar-refractivity contribution in [2.24, 2.45) is 0 Å². The molecule has 3 rings (SSSR count). The molecule has 2 aromatic rings. The Morgan fingerprint density at radius 2 is 1.92 bits per heavy atom. The van der Waals surface area contributed by atoms with Crippen LogP contribution in [0.25, 0.3) is 0 Å². The van der Waals surface area contributed by atoms with Crippen LogP contribution in [-0.4, -0.2) is 37.1 Å². The maximum atomic E-state index is 12.6. The van der Waals surface area contributed by atoms with Crippen LogP contribution in [0.3, 0.4) is 0 Å². The molecular weight excluding hydrogens is 306 g/mol. The molecule has 124 valence electrons. The number of carbonyl (C=O) groups is 2. The normalized spacial score (nSPS) is 14.1. The number of nitrogen functional groups attached to an aromatic ring is 1. The quantitative estimate of drug-likeness (QED) is 0.692. The van der Waals surface area contributed by atoms with Crippen molar-refractivity contribution in [3.63, 3.8) is 0 Å². The van der Waals surface area contributed by atoms with Crippen LogP contribution in [0.2, 0.25) is 0 Å². The van der Waals surface area contributed by atoms with Crippen LogP contribution in [0.15, 0.2) is 48.5 Å². The zero-order valence-corrected chi connectivity index (χ0v) is 13.4. The second-order valence-electron chi connectivity index (χ2n) is 5.64. The van der Waals surface area contributed by atoms with Gasteiger partial charge in [-0.3, -0.25) is 4.90 Å². The zero-order valence-electron chi connectivity index (χ0n) is 13.4. The van der Waals surface area contributed by atoms with Crippen molar-refractivity contribution in [2.45, 2.75) is 6.54 Å². The number of hydrogen-bond donors (Lipinski definition) is 1. The van der Waals surface area contributed by atoms with Crippen LogP contribution in [0.4, 0.5) is 16.2 Å². The zero-order chi connectivity index (χ0) is 17.1. The maximum Gasteiger partial charge on any atom is 0.337 e. The molecule has 0 bridgehead atoms. The lowest BCUT2D eigenvalue weighted by Gasteiger charge is -2.19. The van der Waals surface area contributed by atoms with Gasteiger partial charge in [-0.05, 0) is 42.0 Å². The molecule has 6 heteroatoms. The second kappa shape index (κ2) is 6.62. The number of ether oxygens (including phenoxy) is 1. The van der Waals surface area contributed by atoms with E-state index in [0.717, 1.165) is 11.3 Å². The number of esters is 1. The highest BCUT2D eigenvalue weighted by Gasteiger charge is 2.29. The van der Waals surface area contributed by atoms with Gasteiger partial charge >= 0.3 is 12.0 Å². The molecule has 1 heterocycles. The van der Waals surface area contributed by atoms with E-state index in [1.165, 1.54) is 7.11 Å². The molecule has 2 aromatic carbocycles. The molecule has 24 heavy (non-hydrogen) atoms. The smallest absolute Gasteiger partial charge is 0.337 e. The fraction of sp³-hybridized carbons (Fsp3) is 0.222. The van der Waals surface area contributed by atoms with Crippen LogP contribution in [0.1, 0.15) is 15.9 Å². The Kier molecular flexibility index (Phi) is 4.37. The van der Waals surface area contributed by atoms with Crippen LogP contribution < -0.4 is 10.6 Å². The summed E-state index contributed by atoms with van der Waals surface area (Å²) in [6.45, 7) is 1.71. The third-order valence-corrected chi connectivity index (χ3v) is 4.02. The molecule has 1 saturated heterocycles. The summed E-state index contributed by atoms with van der Waals surface area (Å²) < 4.78 is 4.73. The lowest BCUT2D eigenvalue weighted by Crippen LogP contribution is -2.31. The van der Waals surface area contributed by atoms with Crippen molar-refractivity contribution in [3.05, 3.63) is 59.7 Å². The number of nitrogens with two attached hydrogens (primary N) is 1. The number of benzene rings is 2. The minimum Gasteiger partial charge on any atom is -0.465 e. The van der Waals surface area contributed by atoms with Gasteiger partial charge in [0.1, 0.15) is 0 Å². The lowest BCUT2D eigenvalue weighted by molar-refractivity contribution is 0.0600. The van der Waals surface area contributed by atoms with Crippen molar-refractivity contribution in [3.8, 4) is 0 Å². The van der Waals surface area contributed by atoms with Gasteiger partial charge in [-0.25, -0.2) is 9.59 Å². The highest BCUT2D eigenvalue weighted by molar-refractivity contribution is 5.94. The molecule has 1 aliphatic heterocycles. The number of nitrogens with zero attached hydrogens (tertiary/aromatic N) is 2. The SMILES string of the molecule is COC(=O)c1cccc(CN2CCN(c3ccc(N)cc3)C2=O)c1. The summed E-state index contributed by atoms with van der Waals surface area (Å²) in [5.74, 6) is -0.381. The van der Waals surface area contributed by atoms with E-state index in [9.17, 15) is 9.59 Å². The van der Waals surface area contributed by atoms with E-state index in [2.05, 4.69) is 0 Å². The van der Waals surface area contributed by atoms with Gasteiger partial charge in [-0.1, -0.05) is 12.1 Å². The summed E-state index contributed by atoms with van der Waals surface area (Å²) in [4.78, 5) is 27.7. The highest BCUT2D eigenvalue weighted by atomic mass is 16.5. The van der Waals surface area contributed by atoms with Gasteiger partial charge in [0.2, 0.25) is 0 Å². The first-order valence-corrected chi connectivity index (χ1v) is 7.68. The molecule has 0 radical (unpaired) electrons. The van der Waals surface area contributed by atoms with E-state index in [1.807, 2.05) is 18.2 Å². The predicted molar refractivity (Wildman–Crippen MR) is 91.8 cm³/mol. The van der Waals surface area contributed by atoms with Crippen molar-refractivity contribution < 1.29 is 14.3 Å². The number of rotatable bonds is 4. The molecule has 0 saturated carbocycles. The Morgan fingerprint density at radius 1 is 1.17 bits per heavy atom. The van der Waals surface area contributed by atoms with Crippen LogP contribution in [-0.2, 0) is 11.3 Å². The van der Waals surface area contributed by atoms with E-state index >= 15 is 0 Å². The summed E-state index contributed by atoms with van der Waals surface area (Å²) in [5, 5.41) is 0. The molecule has 2 amide bonds. The van der Waals surface area contributed by atoms with Gasteiger partial charge in [0.15, 0.2) is 0 Å². The van der Waals surface area contributed by atoms with Gasteiger partial charge in [0.25, 0.3) is 0 Å². The predicted octanol–water partition coefficient (Wildman–Crippen LogP) is 2.50. The molecule has 1 aliphatic rings. The first-order chi connectivity index (χ1) is 11.6. The Bertz CT molecular complexity index is 758. The fourth-order valence-corrected chi connectivity index (χ4v) is 2.76. The number of amides is 2. The lowest BCUT2D eigenvalue weighted by atomic mass is 10.1. The minimum atomic E-state index is -0.381. The molecule has 0 aliphatic carbocycles. The summed E-state index contributed by atoms with van der Waals surface area (Å²) in [6, 6.07) is 14.3. The van der Waals surface area contributed by atoms with Gasteiger partial charge in [-0.2, -0.15) is 0 Å². The van der Waals surface area contributed by atoms with E-state index in [1.54, 1.807) is 40.1 Å². The van der Waals surface area contributed by atoms with Crippen molar-refractivity contribution >= 4 is 23.4 Å². The number of carbonyl (C=O) groups excluding carboxylic acids is 2. The third-order valence-electron chi connectivity index (χ3n) is 4.02. The summed E-state index contributed by atoms with van der Waals surface area (Å²) in [7, 11) is 1.35. The Morgan fingerprint density at radius 3 is 2.62 bits per heavy atom. The highest BCUT2D eigenvalue weighted by Crippen LogP contribution is 2.23. The number of methoxy groups -OCH3 is 1. The van der Waals surface area contributed by atoms with E-state index in [0.29, 0.717) is 30.9 Å². The summed E-state index contributed by atoms with van der Waals surface area (Å²) in [6.07, 6.45) is 0. The fourth-order valence-electron chi connectivity index (χ4n) is 2.76. The number of anilines is 2. The summed E-state index contributed by atoms with van der Waals surface area (Å²) in [5.41, 5.74) is 8.57. The average Bonchev–Trinajstić information content (AvgIpc) is 2.96. The van der Waals surface area contributed by atoms with Gasteiger partial charge < -0.3 is 15.4 Å². The molecule has 6 nitrogen and oxygen atoms in total. The van der Waals surface area contributed by atoms with Crippen molar-refractivity contribution in [2.75, 3.05) is 30.8 Å². The first-order valence-electron chi connectivity index (χ1n) is 7.68. The molecule has 0 unspecified atom stereocenters. The summed E-state index contributed by atoms with van der Waals surface area (Å²) >= 11 is 0. The van der Waals surface area contributed by atoms with Gasteiger partial charge in [-0.15, -0.1) is 0 Å². The van der Waals surface area contributed by atoms with E-state index in [4.69, 9.17) is 10.5 Å². The first kappa shape index (κ1) is 15.9. The molecule has 0 spiro atoms. The third kappa shape index (κ3) is 3.17. The second-order valence-corrected chi connectivity index (χ2v) is 5.64. The van der Waals surface area contributed by atoms with Crippen molar-refractivity contribution in [1.82, 2.24) is 4.90 Å². The molecule has 0 atom stereocenters. The molecule has 2 N–H and O–H groups in total. The average molecular weight is 325 g/mol. The van der Waals surface area contributed by atoms with Gasteiger partial charge in [0, 0.05) is 31.0 Å². The Balaban J connectivity index is 1.72. The Labute approximate surface area is 140 Å². The van der Waals surface area contributed by atoms with Crippen LogP contribution in [0.5, 0.6) is 0 Å². The van der Waals surface area contributed by atoms with Crippen molar-refractivity contribution in [1.29, 1.82) is 0 Å². The largest absolute Gasteiger partial charge is 0.465 e.